The molecule has 3 rings (SSSR count). The smallest absolute Gasteiger partial charge is 0.354 e. The Morgan fingerprint density at radius 3 is 2.24 bits per heavy atom. The second-order valence-corrected chi connectivity index (χ2v) is 7.24. The van der Waals surface area contributed by atoms with Crippen LogP contribution in [0.15, 0.2) is 48.7 Å². The Balaban J connectivity index is 1.52. The van der Waals surface area contributed by atoms with Crippen LogP contribution in [-0.2, 0) is 11.0 Å². The minimum Gasteiger partial charge on any atom is -0.354 e. The molecule has 1 aromatic carbocycles. The van der Waals surface area contributed by atoms with E-state index in [-0.39, 0.29) is 18.0 Å². The molecule has 1 N–H and O–H groups in total. The van der Waals surface area contributed by atoms with Crippen molar-refractivity contribution in [1.29, 1.82) is 0 Å². The number of piperazine rings is 1. The Labute approximate surface area is 168 Å². The molecule has 1 aliphatic rings. The fourth-order valence-corrected chi connectivity index (χ4v) is 3.40. The van der Waals surface area contributed by atoms with E-state index in [0.29, 0.717) is 32.0 Å². The summed E-state index contributed by atoms with van der Waals surface area (Å²) in [4.78, 5) is 20.6. The summed E-state index contributed by atoms with van der Waals surface area (Å²) >= 11 is 0. The Hall–Kier alpha value is -2.61. The van der Waals surface area contributed by atoms with Crippen molar-refractivity contribution in [1.82, 2.24) is 15.2 Å². The van der Waals surface area contributed by atoms with Crippen LogP contribution in [0.2, 0.25) is 0 Å². The number of rotatable bonds is 5. The molecule has 0 saturated carbocycles. The molecule has 1 aromatic heterocycles. The molecule has 156 valence electrons. The zero-order chi connectivity index (χ0) is 21.0. The maximum Gasteiger partial charge on any atom is 0.417 e. The fraction of sp³-hybridized carbons (Fsp3) is 0.429. The van der Waals surface area contributed by atoms with Gasteiger partial charge in [-0.2, -0.15) is 13.2 Å². The highest BCUT2D eigenvalue weighted by molar-refractivity contribution is 5.81. The number of pyridine rings is 1. The average molecular weight is 406 g/mol. The van der Waals surface area contributed by atoms with Gasteiger partial charge in [0.2, 0.25) is 5.91 Å². The first-order valence-electron chi connectivity index (χ1n) is 9.63. The molecule has 29 heavy (non-hydrogen) atoms. The normalized spacial score (nSPS) is 17.6. The summed E-state index contributed by atoms with van der Waals surface area (Å²) in [5.41, 5.74) is 0.295. The predicted octanol–water partition coefficient (Wildman–Crippen LogP) is 3.49. The summed E-state index contributed by atoms with van der Waals surface area (Å²) in [7, 11) is 0. The molecule has 2 atom stereocenters. The Morgan fingerprint density at radius 1 is 1.03 bits per heavy atom. The molecular formula is C21H25F3N4O. The van der Waals surface area contributed by atoms with Crippen LogP contribution in [0.5, 0.6) is 0 Å². The number of carbonyl (C=O) groups excluding carboxylic acids is 1. The molecule has 5 nitrogen and oxygen atoms in total. The number of amides is 1. The first-order valence-corrected chi connectivity index (χ1v) is 9.63. The first kappa shape index (κ1) is 21.1. The minimum atomic E-state index is -4.39. The van der Waals surface area contributed by atoms with E-state index in [9.17, 15) is 18.0 Å². The molecule has 0 spiro atoms. The van der Waals surface area contributed by atoms with Crippen LogP contribution in [0.1, 0.15) is 31.0 Å². The van der Waals surface area contributed by atoms with Gasteiger partial charge in [0.05, 0.1) is 17.6 Å². The number of benzene rings is 1. The summed E-state index contributed by atoms with van der Waals surface area (Å²) < 4.78 is 38.0. The van der Waals surface area contributed by atoms with Gasteiger partial charge in [0, 0.05) is 32.4 Å². The SMILES string of the molecule is CC(NC(=O)C(C)N1CCN(c2ccc(C(F)(F)F)cn2)CC1)c1ccccc1. The van der Waals surface area contributed by atoms with Crippen LogP contribution in [-0.4, -0.2) is 48.0 Å². The lowest BCUT2D eigenvalue weighted by Crippen LogP contribution is -2.54. The molecule has 1 amide bonds. The van der Waals surface area contributed by atoms with Crippen LogP contribution < -0.4 is 10.2 Å². The van der Waals surface area contributed by atoms with Crippen LogP contribution in [0.3, 0.4) is 0 Å². The lowest BCUT2D eigenvalue weighted by Gasteiger charge is -2.38. The molecule has 0 aliphatic carbocycles. The van der Waals surface area contributed by atoms with Crippen molar-refractivity contribution in [3.05, 3.63) is 59.8 Å². The molecular weight excluding hydrogens is 381 g/mol. The van der Waals surface area contributed by atoms with E-state index in [1.165, 1.54) is 6.07 Å². The summed E-state index contributed by atoms with van der Waals surface area (Å²) in [6.45, 7) is 6.30. The third-order valence-electron chi connectivity index (χ3n) is 5.30. The standard InChI is InChI=1S/C21H25F3N4O/c1-15(17-6-4-3-5-7-17)26-20(29)16(2)27-10-12-28(13-11-27)19-9-8-18(14-25-19)21(22,23)24/h3-9,14-16H,10-13H2,1-2H3,(H,26,29). The number of alkyl halides is 3. The van der Waals surface area contributed by atoms with Crippen molar-refractivity contribution < 1.29 is 18.0 Å². The van der Waals surface area contributed by atoms with E-state index < -0.39 is 11.7 Å². The molecule has 8 heteroatoms. The van der Waals surface area contributed by atoms with Crippen LogP contribution >= 0.6 is 0 Å². The van der Waals surface area contributed by atoms with Crippen LogP contribution in [0.25, 0.3) is 0 Å². The Morgan fingerprint density at radius 2 is 1.69 bits per heavy atom. The van der Waals surface area contributed by atoms with Gasteiger partial charge in [0.15, 0.2) is 0 Å². The van der Waals surface area contributed by atoms with Gasteiger partial charge in [-0.3, -0.25) is 9.69 Å². The van der Waals surface area contributed by atoms with Gasteiger partial charge in [-0.1, -0.05) is 30.3 Å². The highest BCUT2D eigenvalue weighted by Gasteiger charge is 2.31. The van der Waals surface area contributed by atoms with Crippen LogP contribution in [0, 0.1) is 0 Å². The molecule has 2 heterocycles. The highest BCUT2D eigenvalue weighted by Crippen LogP contribution is 2.29. The van der Waals surface area contributed by atoms with E-state index in [4.69, 9.17) is 0 Å². The summed E-state index contributed by atoms with van der Waals surface area (Å²) in [6.07, 6.45) is -3.52. The minimum absolute atomic E-state index is 0.0394. The third-order valence-corrected chi connectivity index (χ3v) is 5.30. The molecule has 2 aromatic rings. The lowest BCUT2D eigenvalue weighted by atomic mass is 10.1. The predicted molar refractivity (Wildman–Crippen MR) is 105 cm³/mol. The quantitative estimate of drug-likeness (QED) is 0.826. The van der Waals surface area contributed by atoms with E-state index in [1.807, 2.05) is 49.1 Å². The monoisotopic (exact) mass is 406 g/mol. The van der Waals surface area contributed by atoms with Crippen molar-refractivity contribution in [2.75, 3.05) is 31.1 Å². The van der Waals surface area contributed by atoms with E-state index in [2.05, 4.69) is 15.2 Å². The number of hydrogen-bond acceptors (Lipinski definition) is 4. The van der Waals surface area contributed by atoms with E-state index in [1.54, 1.807) is 0 Å². The Bertz CT molecular complexity index is 803. The van der Waals surface area contributed by atoms with E-state index >= 15 is 0 Å². The summed E-state index contributed by atoms with van der Waals surface area (Å²) in [6, 6.07) is 11.9. The van der Waals surface area contributed by atoms with Gasteiger partial charge in [-0.15, -0.1) is 0 Å². The molecule has 1 fully saturated rings. The molecule has 0 radical (unpaired) electrons. The second kappa shape index (κ2) is 8.82. The number of carbonyl (C=O) groups is 1. The number of nitrogens with zero attached hydrogens (tertiary/aromatic N) is 3. The van der Waals surface area contributed by atoms with Gasteiger partial charge < -0.3 is 10.2 Å². The molecule has 1 aliphatic heterocycles. The maximum absolute atomic E-state index is 12.7. The molecule has 0 bridgehead atoms. The van der Waals surface area contributed by atoms with E-state index in [0.717, 1.165) is 17.8 Å². The fourth-order valence-electron chi connectivity index (χ4n) is 3.40. The van der Waals surface area contributed by atoms with Gasteiger partial charge in [0.1, 0.15) is 5.82 Å². The zero-order valence-electron chi connectivity index (χ0n) is 16.5. The highest BCUT2D eigenvalue weighted by atomic mass is 19.4. The van der Waals surface area contributed by atoms with Crippen LogP contribution in [0.4, 0.5) is 19.0 Å². The number of anilines is 1. The maximum atomic E-state index is 12.7. The Kier molecular flexibility index (Phi) is 6.42. The van der Waals surface area contributed by atoms with Crippen molar-refractivity contribution in [3.63, 3.8) is 0 Å². The number of aromatic nitrogens is 1. The summed E-state index contributed by atoms with van der Waals surface area (Å²) in [5, 5.41) is 3.04. The van der Waals surface area contributed by atoms with Crippen molar-refractivity contribution in [2.24, 2.45) is 0 Å². The summed E-state index contributed by atoms with van der Waals surface area (Å²) in [5.74, 6) is 0.481. The zero-order valence-corrected chi connectivity index (χ0v) is 16.5. The van der Waals surface area contributed by atoms with Crippen molar-refractivity contribution in [3.8, 4) is 0 Å². The van der Waals surface area contributed by atoms with Crippen molar-refractivity contribution in [2.45, 2.75) is 32.1 Å². The van der Waals surface area contributed by atoms with Gasteiger partial charge in [-0.05, 0) is 31.5 Å². The third kappa shape index (κ3) is 5.26. The second-order valence-electron chi connectivity index (χ2n) is 7.24. The van der Waals surface area contributed by atoms with Gasteiger partial charge in [0.25, 0.3) is 0 Å². The largest absolute Gasteiger partial charge is 0.417 e. The van der Waals surface area contributed by atoms with Crippen molar-refractivity contribution >= 4 is 11.7 Å². The molecule has 2 unspecified atom stereocenters. The van der Waals surface area contributed by atoms with Gasteiger partial charge in [-0.25, -0.2) is 4.98 Å². The first-order chi connectivity index (χ1) is 13.8. The molecule has 1 saturated heterocycles. The number of hydrogen-bond donors (Lipinski definition) is 1. The number of nitrogens with one attached hydrogen (secondary N) is 1. The topological polar surface area (TPSA) is 48.5 Å². The average Bonchev–Trinajstić information content (AvgIpc) is 2.73. The van der Waals surface area contributed by atoms with Gasteiger partial charge >= 0.3 is 6.18 Å². The lowest BCUT2D eigenvalue weighted by molar-refractivity contribution is -0.137. The number of halogens is 3.